The van der Waals surface area contributed by atoms with Crippen LogP contribution < -0.4 is 10.6 Å². The first-order valence-electron chi connectivity index (χ1n) is 8.98. The fraction of sp³-hybridized carbons (Fsp3) is 0.632. The van der Waals surface area contributed by atoms with Crippen molar-refractivity contribution in [3.63, 3.8) is 0 Å². The summed E-state index contributed by atoms with van der Waals surface area (Å²) < 4.78 is 11.2. The molecule has 1 aromatic carbocycles. The van der Waals surface area contributed by atoms with Gasteiger partial charge in [-0.05, 0) is 30.7 Å². The molecule has 1 saturated heterocycles. The second-order valence-corrected chi connectivity index (χ2v) is 6.26. The summed E-state index contributed by atoms with van der Waals surface area (Å²) in [4.78, 5) is 4.27. The van der Waals surface area contributed by atoms with E-state index in [4.69, 9.17) is 9.47 Å². The van der Waals surface area contributed by atoms with Gasteiger partial charge in [-0.2, -0.15) is 0 Å². The van der Waals surface area contributed by atoms with Crippen LogP contribution in [0, 0.1) is 0 Å². The first-order chi connectivity index (χ1) is 11.8. The Bertz CT molecular complexity index is 473. The van der Waals surface area contributed by atoms with Crippen LogP contribution in [-0.2, 0) is 9.47 Å². The molecule has 2 rings (SSSR count). The molecule has 0 bridgehead atoms. The SMILES string of the molecule is CN=C(NCCCOCC1CCCO1)NCC(C)c1ccccc1. The Morgan fingerprint density at radius 1 is 1.33 bits per heavy atom. The quantitative estimate of drug-likeness (QED) is 0.414. The molecule has 1 fully saturated rings. The molecule has 1 aliphatic rings. The van der Waals surface area contributed by atoms with Crippen molar-refractivity contribution in [2.24, 2.45) is 4.99 Å². The Balaban J connectivity index is 1.53. The van der Waals surface area contributed by atoms with Gasteiger partial charge in [0.15, 0.2) is 5.96 Å². The highest BCUT2D eigenvalue weighted by molar-refractivity contribution is 5.79. The maximum Gasteiger partial charge on any atom is 0.190 e. The van der Waals surface area contributed by atoms with Crippen LogP contribution in [0.3, 0.4) is 0 Å². The summed E-state index contributed by atoms with van der Waals surface area (Å²) in [6.45, 7) is 6.30. The molecule has 0 aliphatic carbocycles. The maximum absolute atomic E-state index is 5.66. The molecular formula is C19H31N3O2. The zero-order valence-corrected chi connectivity index (χ0v) is 15.0. The third-order valence-electron chi connectivity index (χ3n) is 4.25. The van der Waals surface area contributed by atoms with E-state index in [9.17, 15) is 0 Å². The van der Waals surface area contributed by atoms with Crippen LogP contribution in [0.2, 0.25) is 0 Å². The average Bonchev–Trinajstić information content (AvgIpc) is 3.14. The fourth-order valence-electron chi connectivity index (χ4n) is 2.74. The Kier molecular flexibility index (Phi) is 8.63. The lowest BCUT2D eigenvalue weighted by molar-refractivity contribution is 0.0168. The molecule has 0 radical (unpaired) electrons. The highest BCUT2D eigenvalue weighted by atomic mass is 16.5. The first kappa shape index (κ1) is 18.7. The lowest BCUT2D eigenvalue weighted by Crippen LogP contribution is -2.39. The standard InChI is InChI=1S/C19H31N3O2/c1-16(17-8-4-3-5-9-17)14-22-19(20-2)21-11-7-12-23-15-18-10-6-13-24-18/h3-5,8-9,16,18H,6-7,10-15H2,1-2H3,(H2,20,21,22). The third-order valence-corrected chi connectivity index (χ3v) is 4.25. The van der Waals surface area contributed by atoms with E-state index in [2.05, 4.69) is 46.8 Å². The smallest absolute Gasteiger partial charge is 0.190 e. The van der Waals surface area contributed by atoms with Crippen LogP contribution in [-0.4, -0.2) is 52.0 Å². The Morgan fingerprint density at radius 3 is 2.88 bits per heavy atom. The zero-order chi connectivity index (χ0) is 17.0. The number of aliphatic imine (C=N–C) groups is 1. The van der Waals surface area contributed by atoms with E-state index in [1.807, 2.05) is 6.07 Å². The van der Waals surface area contributed by atoms with Gasteiger partial charge < -0.3 is 20.1 Å². The predicted octanol–water partition coefficient (Wildman–Crippen LogP) is 2.54. The molecule has 5 nitrogen and oxygen atoms in total. The van der Waals surface area contributed by atoms with Gasteiger partial charge in [-0.15, -0.1) is 0 Å². The summed E-state index contributed by atoms with van der Waals surface area (Å²) in [5.41, 5.74) is 1.34. The molecule has 0 saturated carbocycles. The molecule has 2 atom stereocenters. The van der Waals surface area contributed by atoms with Crippen molar-refractivity contribution >= 4 is 5.96 Å². The second-order valence-electron chi connectivity index (χ2n) is 6.26. The monoisotopic (exact) mass is 333 g/mol. The predicted molar refractivity (Wildman–Crippen MR) is 98.6 cm³/mol. The molecule has 1 aromatic rings. The van der Waals surface area contributed by atoms with Crippen molar-refractivity contribution in [1.29, 1.82) is 0 Å². The van der Waals surface area contributed by atoms with Crippen LogP contribution in [0.25, 0.3) is 0 Å². The molecule has 24 heavy (non-hydrogen) atoms. The number of ether oxygens (including phenoxy) is 2. The lowest BCUT2D eigenvalue weighted by Gasteiger charge is -2.16. The largest absolute Gasteiger partial charge is 0.379 e. The highest BCUT2D eigenvalue weighted by Gasteiger charge is 2.14. The van der Waals surface area contributed by atoms with Crippen molar-refractivity contribution in [3.05, 3.63) is 35.9 Å². The molecule has 0 amide bonds. The van der Waals surface area contributed by atoms with Crippen molar-refractivity contribution in [2.75, 3.05) is 40.0 Å². The number of nitrogens with zero attached hydrogens (tertiary/aromatic N) is 1. The van der Waals surface area contributed by atoms with Crippen LogP contribution in [0.1, 0.15) is 37.7 Å². The van der Waals surface area contributed by atoms with Crippen molar-refractivity contribution in [3.8, 4) is 0 Å². The molecule has 1 aliphatic heterocycles. The van der Waals surface area contributed by atoms with E-state index >= 15 is 0 Å². The third kappa shape index (κ3) is 6.89. The number of benzene rings is 1. The van der Waals surface area contributed by atoms with Crippen LogP contribution >= 0.6 is 0 Å². The van der Waals surface area contributed by atoms with Gasteiger partial charge in [0, 0.05) is 33.4 Å². The Hall–Kier alpha value is -1.59. The van der Waals surface area contributed by atoms with Crippen LogP contribution in [0.4, 0.5) is 0 Å². The summed E-state index contributed by atoms with van der Waals surface area (Å²) in [5, 5.41) is 6.71. The van der Waals surface area contributed by atoms with Crippen molar-refractivity contribution in [2.45, 2.75) is 38.2 Å². The van der Waals surface area contributed by atoms with Gasteiger partial charge in [-0.1, -0.05) is 37.3 Å². The molecule has 2 unspecified atom stereocenters. The molecule has 1 heterocycles. The van der Waals surface area contributed by atoms with E-state index in [0.29, 0.717) is 12.0 Å². The maximum atomic E-state index is 5.66. The van der Waals surface area contributed by atoms with Gasteiger partial charge in [0.2, 0.25) is 0 Å². The van der Waals surface area contributed by atoms with Gasteiger partial charge in [-0.3, -0.25) is 4.99 Å². The minimum absolute atomic E-state index is 0.312. The highest BCUT2D eigenvalue weighted by Crippen LogP contribution is 2.13. The first-order valence-corrected chi connectivity index (χ1v) is 8.98. The second kappa shape index (κ2) is 11.0. The Morgan fingerprint density at radius 2 is 2.17 bits per heavy atom. The van der Waals surface area contributed by atoms with Gasteiger partial charge in [-0.25, -0.2) is 0 Å². The zero-order valence-electron chi connectivity index (χ0n) is 15.0. The number of rotatable bonds is 9. The summed E-state index contributed by atoms with van der Waals surface area (Å²) in [7, 11) is 1.80. The van der Waals surface area contributed by atoms with E-state index in [1.54, 1.807) is 7.05 Å². The van der Waals surface area contributed by atoms with Gasteiger partial charge in [0.05, 0.1) is 12.7 Å². The number of hydrogen-bond acceptors (Lipinski definition) is 3. The van der Waals surface area contributed by atoms with Gasteiger partial charge in [0.1, 0.15) is 0 Å². The number of nitrogens with one attached hydrogen (secondary N) is 2. The van der Waals surface area contributed by atoms with E-state index in [-0.39, 0.29) is 0 Å². The fourth-order valence-corrected chi connectivity index (χ4v) is 2.74. The van der Waals surface area contributed by atoms with E-state index < -0.39 is 0 Å². The van der Waals surface area contributed by atoms with Crippen LogP contribution in [0.5, 0.6) is 0 Å². The molecule has 0 aromatic heterocycles. The van der Waals surface area contributed by atoms with Gasteiger partial charge in [0.25, 0.3) is 0 Å². The minimum Gasteiger partial charge on any atom is -0.379 e. The number of guanidine groups is 1. The van der Waals surface area contributed by atoms with E-state index in [0.717, 1.165) is 51.7 Å². The number of hydrogen-bond donors (Lipinski definition) is 2. The minimum atomic E-state index is 0.312. The summed E-state index contributed by atoms with van der Waals surface area (Å²) in [5.74, 6) is 1.29. The topological polar surface area (TPSA) is 54.9 Å². The molecule has 2 N–H and O–H groups in total. The van der Waals surface area contributed by atoms with E-state index in [1.165, 1.54) is 12.0 Å². The molecular weight excluding hydrogens is 302 g/mol. The van der Waals surface area contributed by atoms with Crippen molar-refractivity contribution in [1.82, 2.24) is 10.6 Å². The van der Waals surface area contributed by atoms with Crippen molar-refractivity contribution < 1.29 is 9.47 Å². The van der Waals surface area contributed by atoms with Crippen LogP contribution in [0.15, 0.2) is 35.3 Å². The molecule has 134 valence electrons. The summed E-state index contributed by atoms with van der Waals surface area (Å²) in [6, 6.07) is 10.5. The summed E-state index contributed by atoms with van der Waals surface area (Å²) in [6.07, 6.45) is 3.57. The average molecular weight is 333 g/mol. The normalized spacial score (nSPS) is 19.2. The summed E-state index contributed by atoms with van der Waals surface area (Å²) >= 11 is 0. The van der Waals surface area contributed by atoms with Gasteiger partial charge >= 0.3 is 0 Å². The Labute approximate surface area is 145 Å². The molecule has 5 heteroatoms. The lowest BCUT2D eigenvalue weighted by atomic mass is 10.0. The molecule has 0 spiro atoms.